The molecule has 2 rings (SSSR count). The van der Waals surface area contributed by atoms with Crippen LogP contribution in [-0.4, -0.2) is 24.2 Å². The summed E-state index contributed by atoms with van der Waals surface area (Å²) in [4.78, 5) is 4.30. The van der Waals surface area contributed by atoms with E-state index in [4.69, 9.17) is 10.5 Å². The van der Waals surface area contributed by atoms with Gasteiger partial charge < -0.3 is 15.8 Å². The van der Waals surface area contributed by atoms with E-state index >= 15 is 0 Å². The van der Waals surface area contributed by atoms with Gasteiger partial charge in [0, 0.05) is 18.9 Å². The Morgan fingerprint density at radius 2 is 2.14 bits per heavy atom. The van der Waals surface area contributed by atoms with Gasteiger partial charge in [-0.25, -0.2) is 4.98 Å². The van der Waals surface area contributed by atoms with E-state index < -0.39 is 0 Å². The predicted molar refractivity (Wildman–Crippen MR) is 87.2 cm³/mol. The molecule has 3 N–H and O–H groups in total. The third-order valence-electron chi connectivity index (χ3n) is 4.99. The Kier molecular flexibility index (Phi) is 5.22. The predicted octanol–water partition coefficient (Wildman–Crippen LogP) is 3.22. The molecule has 21 heavy (non-hydrogen) atoms. The summed E-state index contributed by atoms with van der Waals surface area (Å²) < 4.78 is 6.06. The first kappa shape index (κ1) is 16.2. The number of nitrogens with zero attached hydrogens (tertiary/aromatic N) is 1. The zero-order chi connectivity index (χ0) is 15.5. The van der Waals surface area contributed by atoms with Crippen molar-refractivity contribution in [3.05, 3.63) is 23.4 Å². The van der Waals surface area contributed by atoms with Crippen LogP contribution in [0, 0.1) is 12.8 Å². The molecule has 4 heteroatoms. The second-order valence-corrected chi connectivity index (χ2v) is 6.37. The molecular formula is C17H29N3O. The first-order chi connectivity index (χ1) is 10.0. The van der Waals surface area contributed by atoms with Gasteiger partial charge in [-0.15, -0.1) is 0 Å². The van der Waals surface area contributed by atoms with Crippen molar-refractivity contribution in [2.24, 2.45) is 5.92 Å². The summed E-state index contributed by atoms with van der Waals surface area (Å²) in [6.45, 7) is 7.45. The zero-order valence-corrected chi connectivity index (χ0v) is 13.8. The number of aryl methyl sites for hydroxylation is 1. The molecular weight excluding hydrogens is 262 g/mol. The highest BCUT2D eigenvalue weighted by Gasteiger charge is 2.43. The topological polar surface area (TPSA) is 60.2 Å². The van der Waals surface area contributed by atoms with E-state index in [0.29, 0.717) is 5.82 Å². The van der Waals surface area contributed by atoms with Gasteiger partial charge >= 0.3 is 0 Å². The lowest BCUT2D eigenvalue weighted by molar-refractivity contribution is -0.0757. The first-order valence-corrected chi connectivity index (χ1v) is 8.03. The molecule has 1 aliphatic carbocycles. The number of nitrogens with two attached hydrogens (primary N) is 1. The molecule has 1 aliphatic rings. The molecule has 118 valence electrons. The minimum absolute atomic E-state index is 0.105. The smallest absolute Gasteiger partial charge is 0.128 e. The summed E-state index contributed by atoms with van der Waals surface area (Å²) in [5, 5.41) is 3.61. The number of nitrogens with one attached hydrogen (secondary N) is 1. The summed E-state index contributed by atoms with van der Waals surface area (Å²) in [5.41, 5.74) is 8.31. The van der Waals surface area contributed by atoms with Crippen LogP contribution in [0.5, 0.6) is 0 Å². The third-order valence-corrected chi connectivity index (χ3v) is 4.99. The van der Waals surface area contributed by atoms with Gasteiger partial charge in [0.25, 0.3) is 0 Å². The minimum atomic E-state index is -0.176. The Hall–Kier alpha value is -1.13. The molecule has 0 spiro atoms. The standard InChI is InChI=1S/C17H29N3O/c1-5-19-15(14-13(3)8-11-20-16(14)18)17(21-4)9-6-12(2)7-10-17/h8,11-12,15,19H,5-7,9-10H2,1-4H3,(H2,18,20). The zero-order valence-electron chi connectivity index (χ0n) is 13.8. The van der Waals surface area contributed by atoms with Crippen LogP contribution in [0.25, 0.3) is 0 Å². The van der Waals surface area contributed by atoms with Gasteiger partial charge in [-0.3, -0.25) is 0 Å². The number of aromatic nitrogens is 1. The van der Waals surface area contributed by atoms with Crippen molar-refractivity contribution >= 4 is 5.82 Å². The van der Waals surface area contributed by atoms with Crippen molar-refractivity contribution < 1.29 is 4.74 Å². The molecule has 0 aromatic carbocycles. The molecule has 1 atom stereocenters. The maximum Gasteiger partial charge on any atom is 0.128 e. The summed E-state index contributed by atoms with van der Waals surface area (Å²) in [5.74, 6) is 1.40. The number of hydrogen-bond acceptors (Lipinski definition) is 4. The lowest BCUT2D eigenvalue weighted by Crippen LogP contribution is -2.48. The molecule has 4 nitrogen and oxygen atoms in total. The van der Waals surface area contributed by atoms with E-state index in [2.05, 4.69) is 31.1 Å². The van der Waals surface area contributed by atoms with E-state index in [1.165, 1.54) is 18.4 Å². The number of likely N-dealkylation sites (N-methyl/N-ethyl adjacent to an activating group) is 1. The van der Waals surface area contributed by atoms with E-state index in [-0.39, 0.29) is 11.6 Å². The van der Waals surface area contributed by atoms with Gasteiger partial charge in [0.05, 0.1) is 11.6 Å². The second kappa shape index (κ2) is 6.75. The SMILES string of the molecule is CCNC(c1c(C)ccnc1N)C1(OC)CCC(C)CC1. The average molecular weight is 291 g/mol. The lowest BCUT2D eigenvalue weighted by atomic mass is 9.73. The molecule has 0 saturated heterocycles. The van der Waals surface area contributed by atoms with Gasteiger partial charge in [0.1, 0.15) is 5.82 Å². The largest absolute Gasteiger partial charge is 0.383 e. The van der Waals surface area contributed by atoms with E-state index in [1.54, 1.807) is 6.20 Å². The number of anilines is 1. The van der Waals surface area contributed by atoms with Crippen LogP contribution >= 0.6 is 0 Å². The van der Waals surface area contributed by atoms with Crippen molar-refractivity contribution in [3.8, 4) is 0 Å². The number of pyridine rings is 1. The monoisotopic (exact) mass is 291 g/mol. The average Bonchev–Trinajstić information content (AvgIpc) is 2.47. The number of nitrogen functional groups attached to an aromatic ring is 1. The van der Waals surface area contributed by atoms with Crippen LogP contribution in [0.3, 0.4) is 0 Å². The molecule has 0 aliphatic heterocycles. The Morgan fingerprint density at radius 3 is 2.67 bits per heavy atom. The highest BCUT2D eigenvalue weighted by molar-refractivity contribution is 5.47. The van der Waals surface area contributed by atoms with Crippen LogP contribution in [0.15, 0.2) is 12.3 Å². The molecule has 0 bridgehead atoms. The van der Waals surface area contributed by atoms with Gasteiger partial charge in [-0.2, -0.15) is 0 Å². The van der Waals surface area contributed by atoms with E-state index in [9.17, 15) is 0 Å². The first-order valence-electron chi connectivity index (χ1n) is 8.03. The van der Waals surface area contributed by atoms with Gasteiger partial charge in [-0.1, -0.05) is 13.8 Å². The van der Waals surface area contributed by atoms with Crippen molar-refractivity contribution in [1.29, 1.82) is 0 Å². The van der Waals surface area contributed by atoms with E-state index in [0.717, 1.165) is 30.9 Å². The Bertz CT molecular complexity index is 447. The maximum atomic E-state index is 6.19. The van der Waals surface area contributed by atoms with Gasteiger partial charge in [0.2, 0.25) is 0 Å². The quantitative estimate of drug-likeness (QED) is 0.874. The second-order valence-electron chi connectivity index (χ2n) is 6.37. The molecule has 1 saturated carbocycles. The minimum Gasteiger partial charge on any atom is -0.383 e. The molecule has 1 fully saturated rings. The van der Waals surface area contributed by atoms with Gasteiger partial charge in [0.15, 0.2) is 0 Å². The van der Waals surface area contributed by atoms with Crippen molar-refractivity contribution in [2.75, 3.05) is 19.4 Å². The summed E-state index contributed by atoms with van der Waals surface area (Å²) >= 11 is 0. The summed E-state index contributed by atoms with van der Waals surface area (Å²) in [6, 6.07) is 2.14. The molecule has 0 amide bonds. The highest BCUT2D eigenvalue weighted by atomic mass is 16.5. The number of hydrogen-bond donors (Lipinski definition) is 2. The van der Waals surface area contributed by atoms with Crippen molar-refractivity contribution in [3.63, 3.8) is 0 Å². The third kappa shape index (κ3) is 3.22. The van der Waals surface area contributed by atoms with E-state index in [1.807, 2.05) is 13.2 Å². The van der Waals surface area contributed by atoms with Gasteiger partial charge in [-0.05, 0) is 56.7 Å². The molecule has 0 radical (unpaired) electrons. The Labute approximate surface area is 128 Å². The van der Waals surface area contributed by atoms with Crippen LogP contribution in [0.2, 0.25) is 0 Å². The molecule has 1 unspecified atom stereocenters. The molecule has 1 aromatic heterocycles. The summed E-state index contributed by atoms with van der Waals surface area (Å²) in [7, 11) is 1.84. The van der Waals surface area contributed by atoms with Crippen LogP contribution in [0.4, 0.5) is 5.82 Å². The maximum absolute atomic E-state index is 6.19. The lowest BCUT2D eigenvalue weighted by Gasteiger charge is -2.45. The highest BCUT2D eigenvalue weighted by Crippen LogP contribution is 2.44. The van der Waals surface area contributed by atoms with Crippen molar-refractivity contribution in [2.45, 2.75) is 58.1 Å². The van der Waals surface area contributed by atoms with Crippen LogP contribution in [0.1, 0.15) is 56.7 Å². The van der Waals surface area contributed by atoms with Crippen LogP contribution in [-0.2, 0) is 4.74 Å². The molecule has 1 aromatic rings. The Balaban J connectivity index is 2.41. The van der Waals surface area contributed by atoms with Crippen molar-refractivity contribution in [1.82, 2.24) is 10.3 Å². The fraction of sp³-hybridized carbons (Fsp3) is 0.706. The number of ether oxygens (including phenoxy) is 1. The number of rotatable bonds is 5. The Morgan fingerprint density at radius 1 is 1.48 bits per heavy atom. The normalized spacial score (nSPS) is 27.5. The fourth-order valence-corrected chi connectivity index (χ4v) is 3.58. The molecule has 1 heterocycles. The number of methoxy groups -OCH3 is 1. The van der Waals surface area contributed by atoms with Crippen LogP contribution < -0.4 is 11.1 Å². The fourth-order valence-electron chi connectivity index (χ4n) is 3.58. The summed E-state index contributed by atoms with van der Waals surface area (Å²) in [6.07, 6.45) is 6.32.